The molecule has 1 heterocycles. The molecule has 0 spiro atoms. The molecule has 2 rings (SSSR count). The topological polar surface area (TPSA) is 64.1 Å². The SMILES string of the molecule is CCCc1nc2cc(N)ccc2n1CC(C)(C)CCO. The summed E-state index contributed by atoms with van der Waals surface area (Å²) in [6.07, 6.45) is 2.82. The average molecular weight is 275 g/mol. The van der Waals surface area contributed by atoms with Crippen LogP contribution in [-0.4, -0.2) is 21.3 Å². The number of aliphatic hydroxyl groups excluding tert-OH is 1. The van der Waals surface area contributed by atoms with Crippen molar-refractivity contribution in [2.45, 2.75) is 46.6 Å². The van der Waals surface area contributed by atoms with Gasteiger partial charge in [0.15, 0.2) is 0 Å². The molecule has 3 N–H and O–H groups in total. The third-order valence-electron chi connectivity index (χ3n) is 3.70. The van der Waals surface area contributed by atoms with Gasteiger partial charge in [-0.15, -0.1) is 0 Å². The highest BCUT2D eigenvalue weighted by Gasteiger charge is 2.21. The molecule has 0 atom stereocenters. The fraction of sp³-hybridized carbons (Fsp3) is 0.562. The highest BCUT2D eigenvalue weighted by molar-refractivity contribution is 5.79. The van der Waals surface area contributed by atoms with Crippen molar-refractivity contribution in [1.82, 2.24) is 9.55 Å². The van der Waals surface area contributed by atoms with Crippen LogP contribution in [-0.2, 0) is 13.0 Å². The van der Waals surface area contributed by atoms with E-state index in [-0.39, 0.29) is 12.0 Å². The summed E-state index contributed by atoms with van der Waals surface area (Å²) in [6.45, 7) is 7.61. The van der Waals surface area contributed by atoms with Crippen LogP contribution in [0.3, 0.4) is 0 Å². The number of nitrogens with zero attached hydrogens (tertiary/aromatic N) is 2. The number of anilines is 1. The van der Waals surface area contributed by atoms with Crippen LogP contribution in [0.1, 0.15) is 39.4 Å². The lowest BCUT2D eigenvalue weighted by molar-refractivity contribution is 0.192. The van der Waals surface area contributed by atoms with Crippen LogP contribution < -0.4 is 5.73 Å². The Morgan fingerprint density at radius 3 is 2.75 bits per heavy atom. The van der Waals surface area contributed by atoms with Gasteiger partial charge in [0.05, 0.1) is 11.0 Å². The molecule has 1 aromatic carbocycles. The molecule has 0 aliphatic rings. The molecule has 0 bridgehead atoms. The highest BCUT2D eigenvalue weighted by atomic mass is 16.3. The summed E-state index contributed by atoms with van der Waals surface area (Å²) in [5.41, 5.74) is 8.75. The van der Waals surface area contributed by atoms with Crippen LogP contribution >= 0.6 is 0 Å². The van der Waals surface area contributed by atoms with E-state index < -0.39 is 0 Å². The summed E-state index contributed by atoms with van der Waals surface area (Å²) >= 11 is 0. The van der Waals surface area contributed by atoms with E-state index in [1.807, 2.05) is 18.2 Å². The van der Waals surface area contributed by atoms with E-state index in [1.54, 1.807) is 0 Å². The maximum Gasteiger partial charge on any atom is 0.109 e. The highest BCUT2D eigenvalue weighted by Crippen LogP contribution is 2.27. The zero-order chi connectivity index (χ0) is 14.8. The van der Waals surface area contributed by atoms with E-state index >= 15 is 0 Å². The number of aryl methyl sites for hydroxylation is 1. The van der Waals surface area contributed by atoms with Gasteiger partial charge in [0.1, 0.15) is 5.82 Å². The molecule has 0 amide bonds. The summed E-state index contributed by atoms with van der Waals surface area (Å²) in [4.78, 5) is 4.73. The van der Waals surface area contributed by atoms with Crippen molar-refractivity contribution in [3.63, 3.8) is 0 Å². The quantitative estimate of drug-likeness (QED) is 0.797. The maximum atomic E-state index is 9.21. The van der Waals surface area contributed by atoms with E-state index in [4.69, 9.17) is 10.7 Å². The lowest BCUT2D eigenvalue weighted by Crippen LogP contribution is -2.22. The van der Waals surface area contributed by atoms with Crippen molar-refractivity contribution in [2.75, 3.05) is 12.3 Å². The molecular weight excluding hydrogens is 250 g/mol. The summed E-state index contributed by atoms with van der Waals surface area (Å²) in [7, 11) is 0. The Balaban J connectivity index is 2.45. The fourth-order valence-corrected chi connectivity index (χ4v) is 2.60. The second-order valence-corrected chi connectivity index (χ2v) is 6.25. The molecule has 2 aromatic rings. The number of aromatic nitrogens is 2. The van der Waals surface area contributed by atoms with Crippen LogP contribution in [0.4, 0.5) is 5.69 Å². The molecule has 0 fully saturated rings. The molecule has 0 radical (unpaired) electrons. The number of imidazole rings is 1. The Morgan fingerprint density at radius 1 is 1.35 bits per heavy atom. The molecule has 0 unspecified atom stereocenters. The van der Waals surface area contributed by atoms with Gasteiger partial charge < -0.3 is 15.4 Å². The molecule has 4 heteroatoms. The normalized spacial score (nSPS) is 12.2. The lowest BCUT2D eigenvalue weighted by atomic mass is 9.89. The third-order valence-corrected chi connectivity index (χ3v) is 3.70. The van der Waals surface area contributed by atoms with Gasteiger partial charge in [0.25, 0.3) is 0 Å². The largest absolute Gasteiger partial charge is 0.399 e. The van der Waals surface area contributed by atoms with Gasteiger partial charge in [-0.25, -0.2) is 4.98 Å². The van der Waals surface area contributed by atoms with E-state index in [2.05, 4.69) is 25.3 Å². The summed E-state index contributed by atoms with van der Waals surface area (Å²) in [5, 5.41) is 9.21. The van der Waals surface area contributed by atoms with Gasteiger partial charge in [-0.05, 0) is 36.5 Å². The zero-order valence-corrected chi connectivity index (χ0v) is 12.7. The minimum atomic E-state index is 0.0479. The summed E-state index contributed by atoms with van der Waals surface area (Å²) in [5.74, 6) is 1.11. The molecule has 0 aliphatic carbocycles. The molecule has 0 aliphatic heterocycles. The maximum absolute atomic E-state index is 9.21. The number of hydrogen-bond acceptors (Lipinski definition) is 3. The second kappa shape index (κ2) is 5.83. The van der Waals surface area contributed by atoms with Crippen molar-refractivity contribution in [2.24, 2.45) is 5.41 Å². The monoisotopic (exact) mass is 275 g/mol. The van der Waals surface area contributed by atoms with E-state index in [0.717, 1.165) is 48.4 Å². The summed E-state index contributed by atoms with van der Waals surface area (Å²) in [6, 6.07) is 5.91. The van der Waals surface area contributed by atoms with Crippen LogP contribution in [0.15, 0.2) is 18.2 Å². The first-order valence-electron chi connectivity index (χ1n) is 7.32. The number of fused-ring (bicyclic) bond motifs is 1. The Labute approximate surface area is 120 Å². The lowest BCUT2D eigenvalue weighted by Gasteiger charge is -2.25. The molecule has 4 nitrogen and oxygen atoms in total. The van der Waals surface area contributed by atoms with Gasteiger partial charge in [-0.3, -0.25) is 0 Å². The minimum Gasteiger partial charge on any atom is -0.399 e. The smallest absolute Gasteiger partial charge is 0.109 e. The Kier molecular flexibility index (Phi) is 4.33. The molecule has 110 valence electrons. The predicted molar refractivity (Wildman–Crippen MR) is 83.6 cm³/mol. The van der Waals surface area contributed by atoms with Crippen LogP contribution in [0.25, 0.3) is 11.0 Å². The zero-order valence-electron chi connectivity index (χ0n) is 12.7. The molecule has 0 saturated heterocycles. The standard InChI is InChI=1S/C16H25N3O/c1-4-5-15-18-13-10-12(17)6-7-14(13)19(15)11-16(2,3)8-9-20/h6-7,10,20H,4-5,8-9,11,17H2,1-3H3. The average Bonchev–Trinajstić information content (AvgIpc) is 2.66. The molecule has 0 saturated carbocycles. The number of aliphatic hydroxyl groups is 1. The number of rotatable bonds is 6. The number of nitrogens with two attached hydrogens (primary N) is 1. The van der Waals surface area contributed by atoms with Crippen molar-refractivity contribution in [1.29, 1.82) is 0 Å². The number of nitrogen functional groups attached to an aromatic ring is 1. The minimum absolute atomic E-state index is 0.0479. The van der Waals surface area contributed by atoms with Crippen molar-refractivity contribution in [3.8, 4) is 0 Å². The molecule has 20 heavy (non-hydrogen) atoms. The van der Waals surface area contributed by atoms with E-state index in [0.29, 0.717) is 0 Å². The third kappa shape index (κ3) is 3.12. The van der Waals surface area contributed by atoms with Gasteiger partial charge in [-0.2, -0.15) is 0 Å². The van der Waals surface area contributed by atoms with Gasteiger partial charge in [0.2, 0.25) is 0 Å². The van der Waals surface area contributed by atoms with E-state index in [9.17, 15) is 5.11 Å². The van der Waals surface area contributed by atoms with Crippen molar-refractivity contribution < 1.29 is 5.11 Å². The Bertz CT molecular complexity index is 587. The molecular formula is C16H25N3O. The van der Waals surface area contributed by atoms with E-state index in [1.165, 1.54) is 0 Å². The number of benzene rings is 1. The first-order valence-corrected chi connectivity index (χ1v) is 7.32. The first-order chi connectivity index (χ1) is 9.46. The van der Waals surface area contributed by atoms with Crippen LogP contribution in [0, 0.1) is 5.41 Å². The fourth-order valence-electron chi connectivity index (χ4n) is 2.60. The Morgan fingerprint density at radius 2 is 2.10 bits per heavy atom. The predicted octanol–water partition coefficient (Wildman–Crippen LogP) is 2.98. The van der Waals surface area contributed by atoms with Gasteiger partial charge in [-0.1, -0.05) is 20.8 Å². The Hall–Kier alpha value is -1.55. The summed E-state index contributed by atoms with van der Waals surface area (Å²) < 4.78 is 2.29. The van der Waals surface area contributed by atoms with Gasteiger partial charge >= 0.3 is 0 Å². The van der Waals surface area contributed by atoms with Crippen LogP contribution in [0.2, 0.25) is 0 Å². The number of hydrogen-bond donors (Lipinski definition) is 2. The van der Waals surface area contributed by atoms with Crippen molar-refractivity contribution in [3.05, 3.63) is 24.0 Å². The van der Waals surface area contributed by atoms with Gasteiger partial charge in [0, 0.05) is 25.3 Å². The molecule has 1 aromatic heterocycles. The van der Waals surface area contributed by atoms with Crippen molar-refractivity contribution >= 4 is 16.7 Å². The first kappa shape index (κ1) is 14.9. The van der Waals surface area contributed by atoms with Crippen LogP contribution in [0.5, 0.6) is 0 Å². The second-order valence-electron chi connectivity index (χ2n) is 6.25.